The summed E-state index contributed by atoms with van der Waals surface area (Å²) in [4.78, 5) is 1.45. The van der Waals surface area contributed by atoms with E-state index in [9.17, 15) is 0 Å². The molecule has 0 radical (unpaired) electrons. The minimum Gasteiger partial charge on any atom is -0.311 e. The quantitative estimate of drug-likeness (QED) is 0.797. The van der Waals surface area contributed by atoms with E-state index in [0.717, 1.165) is 12.5 Å². The summed E-state index contributed by atoms with van der Waals surface area (Å²) in [6.45, 7) is 7.74. The Morgan fingerprint density at radius 2 is 2.11 bits per heavy atom. The second kappa shape index (κ2) is 7.25. The molecule has 0 unspecified atom stereocenters. The monoisotopic (exact) mass is 277 g/mol. The largest absolute Gasteiger partial charge is 0.311 e. The van der Waals surface area contributed by atoms with Crippen LogP contribution in [0.2, 0.25) is 0 Å². The summed E-state index contributed by atoms with van der Waals surface area (Å²) in [5.74, 6) is 0.807. The minimum absolute atomic E-state index is 0.566. The van der Waals surface area contributed by atoms with Crippen LogP contribution in [0.5, 0.6) is 0 Å². The highest BCUT2D eigenvalue weighted by Crippen LogP contribution is 2.32. The topological polar surface area (TPSA) is 12.0 Å². The highest BCUT2D eigenvalue weighted by Gasteiger charge is 2.18. The Kier molecular flexibility index (Phi) is 5.65. The molecule has 0 saturated heterocycles. The Hall–Kier alpha value is -0.600. The lowest BCUT2D eigenvalue weighted by molar-refractivity contribution is 0.394. The average molecular weight is 277 g/mol. The van der Waals surface area contributed by atoms with Crippen molar-refractivity contribution in [2.45, 2.75) is 58.9 Å². The van der Waals surface area contributed by atoms with Crippen molar-refractivity contribution in [3.05, 3.63) is 27.5 Å². The first-order valence-electron chi connectivity index (χ1n) is 7.64. The molecule has 1 aliphatic carbocycles. The first-order valence-corrected chi connectivity index (χ1v) is 8.52. The average Bonchev–Trinajstić information content (AvgIpc) is 2.81. The van der Waals surface area contributed by atoms with E-state index in [0.29, 0.717) is 6.04 Å². The van der Waals surface area contributed by atoms with Gasteiger partial charge in [0.2, 0.25) is 0 Å². The van der Waals surface area contributed by atoms with Crippen LogP contribution in [0.3, 0.4) is 0 Å². The Morgan fingerprint density at radius 1 is 1.37 bits per heavy atom. The van der Waals surface area contributed by atoms with Crippen LogP contribution in [0.4, 0.5) is 0 Å². The van der Waals surface area contributed by atoms with Gasteiger partial charge >= 0.3 is 0 Å². The fourth-order valence-electron chi connectivity index (χ4n) is 2.81. The van der Waals surface area contributed by atoms with Crippen LogP contribution in [0.25, 0.3) is 6.08 Å². The summed E-state index contributed by atoms with van der Waals surface area (Å²) >= 11 is 1.87. The van der Waals surface area contributed by atoms with Crippen LogP contribution in [0, 0.1) is 12.8 Å². The lowest BCUT2D eigenvalue weighted by Crippen LogP contribution is -2.27. The van der Waals surface area contributed by atoms with Crippen molar-refractivity contribution in [2.24, 2.45) is 5.92 Å². The summed E-state index contributed by atoms with van der Waals surface area (Å²) in [7, 11) is 0. The third-order valence-electron chi connectivity index (χ3n) is 4.06. The van der Waals surface area contributed by atoms with Gasteiger partial charge in [-0.15, -0.1) is 11.3 Å². The van der Waals surface area contributed by atoms with Crippen molar-refractivity contribution in [1.82, 2.24) is 5.32 Å². The van der Waals surface area contributed by atoms with Crippen LogP contribution >= 0.6 is 11.3 Å². The third-order valence-corrected chi connectivity index (χ3v) is 5.03. The van der Waals surface area contributed by atoms with Crippen molar-refractivity contribution in [1.29, 1.82) is 0 Å². The smallest absolute Gasteiger partial charge is 0.0299 e. The van der Waals surface area contributed by atoms with Gasteiger partial charge in [-0.25, -0.2) is 0 Å². The van der Waals surface area contributed by atoms with Crippen LogP contribution in [0.1, 0.15) is 56.4 Å². The Labute approximate surface area is 122 Å². The normalized spacial score (nSPS) is 18.2. The molecule has 1 saturated carbocycles. The number of aryl methyl sites for hydroxylation is 1. The second-order valence-corrected chi connectivity index (χ2v) is 7.01. The van der Waals surface area contributed by atoms with E-state index in [1.807, 2.05) is 11.3 Å². The molecule has 0 aromatic carbocycles. The summed E-state index contributed by atoms with van der Waals surface area (Å²) in [5, 5.41) is 5.82. The molecule has 0 atom stereocenters. The predicted molar refractivity (Wildman–Crippen MR) is 86.7 cm³/mol. The molecule has 1 aromatic rings. The third kappa shape index (κ3) is 4.47. The molecule has 0 aliphatic heterocycles. The van der Waals surface area contributed by atoms with Gasteiger partial charge in [0.05, 0.1) is 0 Å². The number of thiophene rings is 1. The fraction of sp³-hybridized carbons (Fsp3) is 0.647. The molecule has 0 amide bonds. The van der Waals surface area contributed by atoms with Gasteiger partial charge in [-0.3, -0.25) is 0 Å². The van der Waals surface area contributed by atoms with E-state index in [-0.39, 0.29) is 0 Å². The van der Waals surface area contributed by atoms with Crippen LogP contribution in [-0.2, 0) is 0 Å². The van der Waals surface area contributed by atoms with Crippen molar-refractivity contribution >= 4 is 17.4 Å². The first kappa shape index (κ1) is 14.8. The first-order chi connectivity index (χ1) is 9.16. The van der Waals surface area contributed by atoms with E-state index in [2.05, 4.69) is 43.6 Å². The van der Waals surface area contributed by atoms with E-state index in [4.69, 9.17) is 0 Å². The highest BCUT2D eigenvalue weighted by atomic mass is 32.1. The number of hydrogen-bond acceptors (Lipinski definition) is 2. The molecule has 0 spiro atoms. The van der Waals surface area contributed by atoms with E-state index >= 15 is 0 Å². The van der Waals surface area contributed by atoms with Crippen molar-refractivity contribution < 1.29 is 0 Å². The summed E-state index contributed by atoms with van der Waals surface area (Å²) in [5.41, 5.74) is 3.04. The van der Waals surface area contributed by atoms with E-state index in [1.54, 1.807) is 5.57 Å². The van der Waals surface area contributed by atoms with Gasteiger partial charge in [-0.2, -0.15) is 0 Å². The molecule has 1 aliphatic rings. The highest BCUT2D eigenvalue weighted by molar-refractivity contribution is 7.11. The Morgan fingerprint density at radius 3 is 2.68 bits per heavy atom. The lowest BCUT2D eigenvalue weighted by atomic mass is 9.83. The zero-order valence-corrected chi connectivity index (χ0v) is 13.4. The molecule has 1 aromatic heterocycles. The maximum absolute atomic E-state index is 3.61. The summed E-state index contributed by atoms with van der Waals surface area (Å²) in [6.07, 6.45) is 9.48. The SMILES string of the molecule is Cc1ccsc1C=C(CNC(C)C)C1CCCCC1. The Balaban J connectivity index is 2.12. The number of hydrogen-bond donors (Lipinski definition) is 1. The maximum Gasteiger partial charge on any atom is 0.0299 e. The molecule has 0 bridgehead atoms. The lowest BCUT2D eigenvalue weighted by Gasteiger charge is -2.25. The van der Waals surface area contributed by atoms with Crippen molar-refractivity contribution in [3.63, 3.8) is 0 Å². The van der Waals surface area contributed by atoms with Gasteiger partial charge in [0.1, 0.15) is 0 Å². The molecule has 19 heavy (non-hydrogen) atoms. The zero-order valence-electron chi connectivity index (χ0n) is 12.5. The van der Waals surface area contributed by atoms with Crippen LogP contribution in [-0.4, -0.2) is 12.6 Å². The van der Waals surface area contributed by atoms with Gasteiger partial charge in [0.15, 0.2) is 0 Å². The van der Waals surface area contributed by atoms with Crippen LogP contribution < -0.4 is 5.32 Å². The Bertz CT molecular complexity index is 411. The van der Waals surface area contributed by atoms with E-state index < -0.39 is 0 Å². The second-order valence-electron chi connectivity index (χ2n) is 6.06. The van der Waals surface area contributed by atoms with E-state index in [1.165, 1.54) is 42.5 Å². The molecular weight excluding hydrogens is 250 g/mol. The summed E-state index contributed by atoms with van der Waals surface area (Å²) in [6, 6.07) is 2.79. The molecule has 1 N–H and O–H groups in total. The van der Waals surface area contributed by atoms with Gasteiger partial charge in [0, 0.05) is 17.5 Å². The zero-order chi connectivity index (χ0) is 13.7. The summed E-state index contributed by atoms with van der Waals surface area (Å²) < 4.78 is 0. The van der Waals surface area contributed by atoms with Gasteiger partial charge in [0.25, 0.3) is 0 Å². The minimum atomic E-state index is 0.566. The van der Waals surface area contributed by atoms with Gasteiger partial charge < -0.3 is 5.32 Å². The molecule has 2 rings (SSSR count). The predicted octanol–water partition coefficient (Wildman–Crippen LogP) is 5.02. The maximum atomic E-state index is 3.61. The fourth-order valence-corrected chi connectivity index (χ4v) is 3.70. The number of nitrogens with one attached hydrogen (secondary N) is 1. The van der Waals surface area contributed by atoms with Gasteiger partial charge in [-0.1, -0.05) is 38.7 Å². The van der Waals surface area contributed by atoms with Crippen molar-refractivity contribution in [3.8, 4) is 0 Å². The molecular formula is C17H27NS. The standard InChI is InChI=1S/C17H27NS/c1-13(2)18-12-16(15-7-5-4-6-8-15)11-17-14(3)9-10-19-17/h9-11,13,15,18H,4-8,12H2,1-3H3. The van der Waals surface area contributed by atoms with Gasteiger partial charge in [-0.05, 0) is 48.8 Å². The molecule has 1 heterocycles. The number of rotatable bonds is 5. The molecule has 1 fully saturated rings. The van der Waals surface area contributed by atoms with Crippen LogP contribution in [0.15, 0.2) is 17.0 Å². The molecule has 106 valence electrons. The molecule has 2 heteroatoms. The van der Waals surface area contributed by atoms with Crippen molar-refractivity contribution in [2.75, 3.05) is 6.54 Å². The molecule has 1 nitrogen and oxygen atoms in total.